The van der Waals surface area contributed by atoms with Crippen molar-refractivity contribution in [2.75, 3.05) is 20.3 Å². The number of amides is 2. The first-order chi connectivity index (χ1) is 14.6. The van der Waals surface area contributed by atoms with Gasteiger partial charge in [0.2, 0.25) is 5.88 Å². The van der Waals surface area contributed by atoms with Crippen molar-refractivity contribution < 1.29 is 19.1 Å². The normalized spacial score (nSPS) is 15.4. The van der Waals surface area contributed by atoms with Crippen LogP contribution >= 0.6 is 0 Å². The van der Waals surface area contributed by atoms with E-state index in [1.807, 2.05) is 24.3 Å². The minimum Gasteiger partial charge on any atom is -0.497 e. The predicted octanol–water partition coefficient (Wildman–Crippen LogP) is 1.21. The molecule has 152 valence electrons. The first kappa shape index (κ1) is 19.2. The Labute approximate surface area is 170 Å². The molecule has 2 aromatic heterocycles. The second kappa shape index (κ2) is 8.47. The van der Waals surface area contributed by atoms with Gasteiger partial charge in [-0.2, -0.15) is 9.63 Å². The van der Waals surface area contributed by atoms with Gasteiger partial charge in [0.25, 0.3) is 11.8 Å². The molecular formula is C19H17N7O4. The molecule has 11 heteroatoms. The van der Waals surface area contributed by atoms with Crippen LogP contribution in [0.15, 0.2) is 58.8 Å². The third-order valence-electron chi connectivity index (χ3n) is 4.19. The second-order valence-electron chi connectivity index (χ2n) is 6.19. The summed E-state index contributed by atoms with van der Waals surface area (Å²) >= 11 is 0. The van der Waals surface area contributed by atoms with Gasteiger partial charge < -0.3 is 14.8 Å². The molecule has 0 saturated heterocycles. The van der Waals surface area contributed by atoms with Crippen LogP contribution in [0, 0.1) is 0 Å². The average Bonchev–Trinajstić information content (AvgIpc) is 3.20. The molecule has 0 spiro atoms. The maximum Gasteiger partial charge on any atom is 0.287 e. The Morgan fingerprint density at radius 1 is 1.23 bits per heavy atom. The summed E-state index contributed by atoms with van der Waals surface area (Å²) in [5.41, 5.74) is 1.37. The lowest BCUT2D eigenvalue weighted by atomic mass is 10.2. The summed E-state index contributed by atoms with van der Waals surface area (Å²) in [4.78, 5) is 22.9. The molecule has 2 amide bonds. The van der Waals surface area contributed by atoms with Crippen molar-refractivity contribution in [2.24, 2.45) is 10.2 Å². The highest BCUT2D eigenvalue weighted by atomic mass is 16.5. The average molecular weight is 407 g/mol. The molecule has 3 aromatic rings. The van der Waals surface area contributed by atoms with Crippen LogP contribution in [-0.4, -0.2) is 57.9 Å². The largest absolute Gasteiger partial charge is 0.497 e. The van der Waals surface area contributed by atoms with Crippen LogP contribution in [0.1, 0.15) is 0 Å². The number of azo groups is 1. The highest BCUT2D eigenvalue weighted by Gasteiger charge is 2.17. The number of aromatic nitrogens is 4. The van der Waals surface area contributed by atoms with Crippen molar-refractivity contribution in [3.63, 3.8) is 0 Å². The second-order valence-corrected chi connectivity index (χ2v) is 6.19. The molecule has 4 rings (SSSR count). The van der Waals surface area contributed by atoms with E-state index in [1.165, 1.54) is 12.2 Å². The Morgan fingerprint density at radius 2 is 2.13 bits per heavy atom. The van der Waals surface area contributed by atoms with Gasteiger partial charge in [-0.05, 0) is 24.3 Å². The number of carbonyl (C=O) groups is 2. The number of ether oxygens (including phenoxy) is 2. The number of hydrogen-bond donors (Lipinski definition) is 1. The van der Waals surface area contributed by atoms with Crippen LogP contribution in [0.3, 0.4) is 0 Å². The zero-order chi connectivity index (χ0) is 20.9. The van der Waals surface area contributed by atoms with Crippen molar-refractivity contribution in [3.05, 3.63) is 48.6 Å². The maximum atomic E-state index is 12.0. The lowest BCUT2D eigenvalue weighted by molar-refractivity contribution is -0.121. The summed E-state index contributed by atoms with van der Waals surface area (Å²) in [6, 6.07) is 10.0. The number of hydrogen-bond acceptors (Lipinski definition) is 8. The van der Waals surface area contributed by atoms with E-state index in [-0.39, 0.29) is 19.1 Å². The summed E-state index contributed by atoms with van der Waals surface area (Å²) in [5.74, 6) is 0.749. The minimum absolute atomic E-state index is 0.188. The third kappa shape index (κ3) is 4.14. The van der Waals surface area contributed by atoms with Crippen LogP contribution < -0.4 is 14.8 Å². The third-order valence-corrected chi connectivity index (χ3v) is 4.19. The molecule has 1 atom stereocenters. The molecule has 1 unspecified atom stereocenters. The fourth-order valence-corrected chi connectivity index (χ4v) is 2.73. The Morgan fingerprint density at radius 3 is 2.93 bits per heavy atom. The minimum atomic E-state index is -0.806. The summed E-state index contributed by atoms with van der Waals surface area (Å²) < 4.78 is 12.4. The van der Waals surface area contributed by atoms with Crippen molar-refractivity contribution in [1.82, 2.24) is 25.1 Å². The van der Waals surface area contributed by atoms with Gasteiger partial charge in [-0.15, -0.1) is 20.4 Å². The lowest BCUT2D eigenvalue weighted by Gasteiger charge is -2.10. The highest BCUT2D eigenvalue weighted by molar-refractivity contribution is 5.92. The van der Waals surface area contributed by atoms with Gasteiger partial charge in [-0.3, -0.25) is 9.59 Å². The van der Waals surface area contributed by atoms with Gasteiger partial charge in [-0.1, -0.05) is 12.1 Å². The summed E-state index contributed by atoms with van der Waals surface area (Å²) in [5, 5.41) is 22.4. The van der Waals surface area contributed by atoms with Crippen molar-refractivity contribution in [3.8, 4) is 23.0 Å². The first-order valence-corrected chi connectivity index (χ1v) is 9.04. The highest BCUT2D eigenvalue weighted by Crippen LogP contribution is 2.23. The van der Waals surface area contributed by atoms with E-state index >= 15 is 0 Å². The van der Waals surface area contributed by atoms with E-state index in [4.69, 9.17) is 9.47 Å². The van der Waals surface area contributed by atoms with Gasteiger partial charge >= 0.3 is 0 Å². The van der Waals surface area contributed by atoms with E-state index in [9.17, 15) is 9.59 Å². The van der Waals surface area contributed by atoms with Gasteiger partial charge in [-0.25, -0.2) is 0 Å². The molecule has 1 aliphatic rings. The molecule has 30 heavy (non-hydrogen) atoms. The van der Waals surface area contributed by atoms with Crippen molar-refractivity contribution >= 4 is 17.5 Å². The molecular weight excluding hydrogens is 390 g/mol. The number of methoxy groups -OCH3 is 1. The molecule has 0 aliphatic carbocycles. The van der Waals surface area contributed by atoms with Crippen molar-refractivity contribution in [2.45, 2.75) is 6.04 Å². The Hall–Kier alpha value is -4.15. The van der Waals surface area contributed by atoms with Gasteiger partial charge in [0.15, 0.2) is 17.5 Å². The number of fused-ring (bicyclic) bond motifs is 1. The molecule has 1 aliphatic heterocycles. The molecule has 0 saturated carbocycles. The Balaban J connectivity index is 1.39. The Bertz CT molecular complexity index is 1140. The number of benzene rings is 1. The van der Waals surface area contributed by atoms with Gasteiger partial charge in [0.1, 0.15) is 12.4 Å². The van der Waals surface area contributed by atoms with Crippen LogP contribution in [0.25, 0.3) is 17.0 Å². The number of carbonyl (C=O) groups excluding carboxylic acids is 2. The molecule has 0 fully saturated rings. The predicted molar refractivity (Wildman–Crippen MR) is 104 cm³/mol. The molecule has 1 N–H and O–H groups in total. The van der Waals surface area contributed by atoms with Crippen LogP contribution in [-0.2, 0) is 9.59 Å². The summed E-state index contributed by atoms with van der Waals surface area (Å²) in [7, 11) is 1.59. The maximum absolute atomic E-state index is 12.0. The molecule has 3 heterocycles. The molecule has 0 radical (unpaired) electrons. The van der Waals surface area contributed by atoms with E-state index in [1.54, 1.807) is 23.8 Å². The van der Waals surface area contributed by atoms with Crippen molar-refractivity contribution in [1.29, 1.82) is 0 Å². The number of nitrogens with zero attached hydrogens (tertiary/aromatic N) is 6. The quantitative estimate of drug-likeness (QED) is 0.582. The Kier molecular flexibility index (Phi) is 5.42. The van der Waals surface area contributed by atoms with Crippen LogP contribution in [0.4, 0.5) is 0 Å². The summed E-state index contributed by atoms with van der Waals surface area (Å²) in [6.07, 6.45) is 2.61. The first-order valence-electron chi connectivity index (χ1n) is 9.04. The monoisotopic (exact) mass is 407 g/mol. The van der Waals surface area contributed by atoms with Gasteiger partial charge in [0, 0.05) is 17.7 Å². The lowest BCUT2D eigenvalue weighted by Crippen LogP contribution is -2.35. The van der Waals surface area contributed by atoms with Gasteiger partial charge in [0.05, 0.1) is 13.7 Å². The standard InChI is InChI=1S/C19H17N7O4/c1-29-13-4-2-3-12(11-13)18-24-22-15-6-8-17(25-26(15)18)30-10-9-20-19(28)14-5-7-16(27)23-21-14/h2-8,11,14H,9-10H2,1H3,(H,20,28). The summed E-state index contributed by atoms with van der Waals surface area (Å²) in [6.45, 7) is 0.421. The molecule has 1 aromatic carbocycles. The van der Waals surface area contributed by atoms with Crippen LogP contribution in [0.5, 0.6) is 11.6 Å². The van der Waals surface area contributed by atoms with Crippen LogP contribution in [0.2, 0.25) is 0 Å². The molecule has 11 nitrogen and oxygen atoms in total. The van der Waals surface area contributed by atoms with E-state index in [0.717, 1.165) is 5.56 Å². The topological polar surface area (TPSA) is 132 Å². The zero-order valence-corrected chi connectivity index (χ0v) is 15.9. The fraction of sp³-hybridized carbons (Fsp3) is 0.211. The number of rotatable bonds is 7. The zero-order valence-electron chi connectivity index (χ0n) is 15.9. The SMILES string of the molecule is COc1cccc(-c2nnc3ccc(OCCNC(=O)C4C=CC(=O)N=N4)nn23)c1. The molecule has 0 bridgehead atoms. The van der Waals surface area contributed by atoms with E-state index < -0.39 is 11.9 Å². The number of nitrogens with one attached hydrogen (secondary N) is 1. The fourth-order valence-electron chi connectivity index (χ4n) is 2.73. The van der Waals surface area contributed by atoms with E-state index in [2.05, 4.69) is 30.8 Å². The smallest absolute Gasteiger partial charge is 0.287 e. The van der Waals surface area contributed by atoms with E-state index in [0.29, 0.717) is 23.1 Å².